The molecule has 1 amide bonds. The van der Waals surface area contributed by atoms with Gasteiger partial charge >= 0.3 is 0 Å². The maximum Gasteiger partial charge on any atom is 0.240 e. The predicted octanol–water partition coefficient (Wildman–Crippen LogP) is 2.61. The fraction of sp³-hybridized carbons (Fsp3) is 0.375. The number of nitrogens with one attached hydrogen (secondary N) is 1. The van der Waals surface area contributed by atoms with Crippen LogP contribution in [0.2, 0.25) is 0 Å². The van der Waals surface area contributed by atoms with Crippen LogP contribution in [0.1, 0.15) is 31.1 Å². The zero-order valence-corrected chi connectivity index (χ0v) is 12.1. The Labute approximate surface area is 118 Å². The number of hydrogen-bond donors (Lipinski definition) is 1. The molecule has 1 N–H and O–H groups in total. The van der Waals surface area contributed by atoms with Gasteiger partial charge in [-0.3, -0.25) is 9.59 Å². The van der Waals surface area contributed by atoms with Gasteiger partial charge in [0.05, 0.1) is 0 Å². The van der Waals surface area contributed by atoms with Crippen molar-refractivity contribution < 1.29 is 9.59 Å². The van der Waals surface area contributed by atoms with Crippen LogP contribution in [0.4, 0.5) is 0 Å². The van der Waals surface area contributed by atoms with Crippen molar-refractivity contribution in [2.75, 3.05) is 0 Å². The molecule has 0 bridgehead atoms. The largest absolute Gasteiger partial charge is 0.352 e. The molecule has 1 heterocycles. The van der Waals surface area contributed by atoms with Crippen LogP contribution < -0.4 is 5.32 Å². The van der Waals surface area contributed by atoms with Crippen LogP contribution in [0.3, 0.4) is 0 Å². The van der Waals surface area contributed by atoms with Crippen LogP contribution in [0.25, 0.3) is 10.9 Å². The van der Waals surface area contributed by atoms with Gasteiger partial charge in [0, 0.05) is 23.3 Å². The number of benzene rings is 1. The summed E-state index contributed by atoms with van der Waals surface area (Å²) in [6.45, 7) is 6.42. The molecule has 1 atom stereocenters. The number of amides is 1. The van der Waals surface area contributed by atoms with E-state index in [-0.39, 0.29) is 18.5 Å². The molecule has 1 aromatic carbocycles. The summed E-state index contributed by atoms with van der Waals surface area (Å²) in [5.74, 6) is 0.391. The summed E-state index contributed by atoms with van der Waals surface area (Å²) in [6, 6.07) is 7.57. The predicted molar refractivity (Wildman–Crippen MR) is 79.8 cm³/mol. The summed E-state index contributed by atoms with van der Waals surface area (Å²) in [5.41, 5.74) is 1.52. The first-order valence-electron chi connectivity index (χ1n) is 6.84. The van der Waals surface area contributed by atoms with Crippen molar-refractivity contribution in [2.24, 2.45) is 5.92 Å². The Hall–Kier alpha value is -2.10. The normalized spacial score (nSPS) is 12.6. The van der Waals surface area contributed by atoms with Crippen LogP contribution >= 0.6 is 0 Å². The van der Waals surface area contributed by atoms with Crippen LogP contribution in [0, 0.1) is 5.92 Å². The van der Waals surface area contributed by atoms with E-state index in [4.69, 9.17) is 0 Å². The minimum Gasteiger partial charge on any atom is -0.352 e. The molecular formula is C16H20N2O2. The number of aldehydes is 1. The minimum atomic E-state index is -0.0137. The van der Waals surface area contributed by atoms with E-state index in [1.165, 1.54) is 0 Å². The van der Waals surface area contributed by atoms with Crippen molar-refractivity contribution in [3.8, 4) is 0 Å². The summed E-state index contributed by atoms with van der Waals surface area (Å²) >= 11 is 0. The van der Waals surface area contributed by atoms with Crippen LogP contribution in [-0.4, -0.2) is 22.8 Å². The molecule has 2 rings (SSSR count). The second-order valence-corrected chi connectivity index (χ2v) is 5.48. The number of fused-ring (bicyclic) bond motifs is 1. The third-order valence-electron chi connectivity index (χ3n) is 3.64. The number of carbonyl (C=O) groups is 2. The van der Waals surface area contributed by atoms with E-state index in [2.05, 4.69) is 19.2 Å². The topological polar surface area (TPSA) is 51.1 Å². The van der Waals surface area contributed by atoms with Gasteiger partial charge in [0.15, 0.2) is 0 Å². The molecule has 20 heavy (non-hydrogen) atoms. The van der Waals surface area contributed by atoms with Crippen LogP contribution in [0.15, 0.2) is 30.5 Å². The molecule has 1 aromatic heterocycles. The third-order valence-corrected chi connectivity index (χ3v) is 3.64. The molecule has 106 valence electrons. The Morgan fingerprint density at radius 1 is 1.30 bits per heavy atom. The lowest BCUT2D eigenvalue weighted by molar-refractivity contribution is -0.122. The summed E-state index contributed by atoms with van der Waals surface area (Å²) in [7, 11) is 0. The first-order chi connectivity index (χ1) is 9.51. The summed E-state index contributed by atoms with van der Waals surface area (Å²) in [4.78, 5) is 22.9. The lowest BCUT2D eigenvalue weighted by Gasteiger charge is -2.17. The smallest absolute Gasteiger partial charge is 0.240 e. The van der Waals surface area contributed by atoms with E-state index >= 15 is 0 Å². The molecule has 0 saturated carbocycles. The minimum absolute atomic E-state index is 0.0137. The number of rotatable bonds is 5. The Morgan fingerprint density at radius 3 is 2.70 bits per heavy atom. The quantitative estimate of drug-likeness (QED) is 0.851. The highest BCUT2D eigenvalue weighted by molar-refractivity contribution is 5.88. The molecule has 0 aliphatic heterocycles. The second-order valence-electron chi connectivity index (χ2n) is 5.48. The molecule has 1 unspecified atom stereocenters. The van der Waals surface area contributed by atoms with Crippen molar-refractivity contribution in [2.45, 2.75) is 33.4 Å². The third kappa shape index (κ3) is 3.07. The van der Waals surface area contributed by atoms with Gasteiger partial charge < -0.3 is 9.88 Å². The average molecular weight is 272 g/mol. The average Bonchev–Trinajstić information content (AvgIpc) is 2.80. The Kier molecular flexibility index (Phi) is 4.23. The maximum absolute atomic E-state index is 12.0. The van der Waals surface area contributed by atoms with Crippen molar-refractivity contribution in [3.63, 3.8) is 0 Å². The monoisotopic (exact) mass is 272 g/mol. The first kappa shape index (κ1) is 14.3. The highest BCUT2D eigenvalue weighted by Gasteiger charge is 2.12. The van der Waals surface area contributed by atoms with Crippen molar-refractivity contribution in [1.82, 2.24) is 9.88 Å². The standard InChI is InChI=1S/C16H20N2O2/c1-11(2)12(3)17-16(20)9-18-7-6-14-5-4-13(10-19)8-15(14)18/h4-8,10-12H,9H2,1-3H3,(H,17,20). The molecule has 0 spiro atoms. The Morgan fingerprint density at radius 2 is 2.05 bits per heavy atom. The Balaban J connectivity index is 2.17. The SMILES string of the molecule is CC(C)C(C)NC(=O)Cn1ccc2ccc(C=O)cc21. The van der Waals surface area contributed by atoms with E-state index in [1.807, 2.05) is 35.9 Å². The van der Waals surface area contributed by atoms with Gasteiger partial charge in [-0.15, -0.1) is 0 Å². The number of nitrogens with zero attached hydrogens (tertiary/aromatic N) is 1. The van der Waals surface area contributed by atoms with Crippen LogP contribution in [-0.2, 0) is 11.3 Å². The molecule has 2 aromatic rings. The number of carbonyl (C=O) groups excluding carboxylic acids is 2. The molecule has 0 saturated heterocycles. The molecule has 0 fully saturated rings. The van der Waals surface area contributed by atoms with Crippen molar-refractivity contribution >= 4 is 23.1 Å². The summed E-state index contributed by atoms with van der Waals surface area (Å²) in [6.07, 6.45) is 2.69. The number of hydrogen-bond acceptors (Lipinski definition) is 2. The van der Waals surface area contributed by atoms with Gasteiger partial charge in [-0.2, -0.15) is 0 Å². The molecule has 0 radical (unpaired) electrons. The van der Waals surface area contributed by atoms with E-state index in [9.17, 15) is 9.59 Å². The molecule has 4 heteroatoms. The van der Waals surface area contributed by atoms with Gasteiger partial charge in [-0.25, -0.2) is 0 Å². The van der Waals surface area contributed by atoms with E-state index in [0.717, 1.165) is 17.2 Å². The molecule has 0 aliphatic carbocycles. The lowest BCUT2D eigenvalue weighted by atomic mass is 10.1. The fourth-order valence-electron chi connectivity index (χ4n) is 2.03. The van der Waals surface area contributed by atoms with E-state index in [0.29, 0.717) is 11.5 Å². The van der Waals surface area contributed by atoms with E-state index in [1.54, 1.807) is 6.07 Å². The highest BCUT2D eigenvalue weighted by atomic mass is 16.2. The Bertz CT molecular complexity index is 628. The van der Waals surface area contributed by atoms with Crippen molar-refractivity contribution in [1.29, 1.82) is 0 Å². The highest BCUT2D eigenvalue weighted by Crippen LogP contribution is 2.17. The molecular weight excluding hydrogens is 252 g/mol. The molecule has 4 nitrogen and oxygen atoms in total. The first-order valence-corrected chi connectivity index (χ1v) is 6.84. The summed E-state index contributed by atoms with van der Waals surface area (Å²) < 4.78 is 1.87. The second kappa shape index (κ2) is 5.90. The summed E-state index contributed by atoms with van der Waals surface area (Å²) in [5, 5.41) is 4.01. The van der Waals surface area contributed by atoms with Gasteiger partial charge in [0.25, 0.3) is 0 Å². The fourth-order valence-corrected chi connectivity index (χ4v) is 2.03. The van der Waals surface area contributed by atoms with Gasteiger partial charge in [-0.05, 0) is 30.4 Å². The maximum atomic E-state index is 12.0. The van der Waals surface area contributed by atoms with Crippen LogP contribution in [0.5, 0.6) is 0 Å². The number of aromatic nitrogens is 1. The van der Waals surface area contributed by atoms with E-state index < -0.39 is 0 Å². The van der Waals surface area contributed by atoms with Crippen molar-refractivity contribution in [3.05, 3.63) is 36.0 Å². The van der Waals surface area contributed by atoms with Gasteiger partial charge in [0.2, 0.25) is 5.91 Å². The zero-order valence-electron chi connectivity index (χ0n) is 12.1. The lowest BCUT2D eigenvalue weighted by Crippen LogP contribution is -2.38. The molecule has 0 aliphatic rings. The zero-order chi connectivity index (χ0) is 14.7. The van der Waals surface area contributed by atoms with Gasteiger partial charge in [0.1, 0.15) is 12.8 Å². The van der Waals surface area contributed by atoms with Gasteiger partial charge in [-0.1, -0.05) is 26.0 Å².